The van der Waals surface area contributed by atoms with Gasteiger partial charge in [0.2, 0.25) is 0 Å². The van der Waals surface area contributed by atoms with Crippen LogP contribution in [0.2, 0.25) is 0 Å². The van der Waals surface area contributed by atoms with Crippen molar-refractivity contribution in [1.82, 2.24) is 0 Å². The number of hydrogen-bond acceptors (Lipinski definition) is 4. The van der Waals surface area contributed by atoms with E-state index in [1.165, 1.54) is 0 Å². The molecule has 0 heterocycles. The molecule has 1 N–H and O–H groups in total. The quantitative estimate of drug-likeness (QED) is 0.724. The second kappa shape index (κ2) is 9.59. The highest BCUT2D eigenvalue weighted by atomic mass is 16.5. The monoisotopic (exact) mass is 358 g/mol. The minimum absolute atomic E-state index is 0.0786. The van der Waals surface area contributed by atoms with Gasteiger partial charge < -0.3 is 14.8 Å². The fourth-order valence-electron chi connectivity index (χ4n) is 3.21. The van der Waals surface area contributed by atoms with E-state index in [0.29, 0.717) is 23.6 Å². The van der Waals surface area contributed by atoms with Gasteiger partial charge in [0.05, 0.1) is 17.4 Å². The fourth-order valence-corrected chi connectivity index (χ4v) is 3.21. The summed E-state index contributed by atoms with van der Waals surface area (Å²) in [6, 6.07) is 7.37. The molecule has 0 aromatic heterocycles. The fraction of sp³-hybridized carbons (Fsp3) is 0.619. The van der Waals surface area contributed by atoms with Gasteiger partial charge in [0, 0.05) is 12.7 Å². The lowest BCUT2D eigenvalue weighted by Crippen LogP contribution is -2.47. The Morgan fingerprint density at radius 1 is 1.31 bits per heavy atom. The number of anilines is 1. The topological polar surface area (TPSA) is 71.3 Å². The molecule has 142 valence electrons. The van der Waals surface area contributed by atoms with Crippen LogP contribution in [-0.4, -0.2) is 24.2 Å². The summed E-state index contributed by atoms with van der Waals surface area (Å²) >= 11 is 0. The predicted octanol–water partition coefficient (Wildman–Crippen LogP) is 4.80. The zero-order chi connectivity index (χ0) is 19.0. The summed E-state index contributed by atoms with van der Waals surface area (Å²) in [7, 11) is 0. The van der Waals surface area contributed by atoms with Gasteiger partial charge in [0.15, 0.2) is 0 Å². The molecule has 0 radical (unpaired) electrons. The molecule has 26 heavy (non-hydrogen) atoms. The molecule has 1 atom stereocenters. The number of nitrogens with one attached hydrogen (secondary N) is 1. The van der Waals surface area contributed by atoms with Crippen LogP contribution >= 0.6 is 0 Å². The first-order chi connectivity index (χ1) is 12.5. The van der Waals surface area contributed by atoms with Gasteiger partial charge in [-0.15, -0.1) is 0 Å². The number of benzene rings is 1. The van der Waals surface area contributed by atoms with Crippen LogP contribution in [0.1, 0.15) is 71.3 Å². The van der Waals surface area contributed by atoms with E-state index in [2.05, 4.69) is 11.4 Å². The zero-order valence-electron chi connectivity index (χ0n) is 16.1. The van der Waals surface area contributed by atoms with E-state index in [9.17, 15) is 10.1 Å². The third-order valence-electron chi connectivity index (χ3n) is 4.93. The van der Waals surface area contributed by atoms with Crippen LogP contribution in [0.25, 0.3) is 0 Å². The van der Waals surface area contributed by atoms with E-state index in [-0.39, 0.29) is 12.0 Å². The summed E-state index contributed by atoms with van der Waals surface area (Å²) in [4.78, 5) is 13.0. The average Bonchev–Trinajstić information content (AvgIpc) is 2.67. The number of nitriles is 1. The Labute approximate surface area is 156 Å². The number of rotatable bonds is 8. The van der Waals surface area contributed by atoms with Gasteiger partial charge in [-0.3, -0.25) is 4.79 Å². The molecule has 5 nitrogen and oxygen atoms in total. The molecule has 1 aliphatic rings. The Kier molecular flexibility index (Phi) is 7.47. The van der Waals surface area contributed by atoms with Crippen molar-refractivity contribution in [1.29, 1.82) is 5.26 Å². The highest BCUT2D eigenvalue weighted by molar-refractivity contribution is 5.98. The first-order valence-corrected chi connectivity index (χ1v) is 9.71. The Bertz CT molecular complexity index is 645. The molecule has 1 amide bonds. The molecule has 1 aliphatic carbocycles. The van der Waals surface area contributed by atoms with Gasteiger partial charge >= 0.3 is 0 Å². The summed E-state index contributed by atoms with van der Waals surface area (Å²) in [5, 5.41) is 12.4. The van der Waals surface area contributed by atoms with E-state index in [0.717, 1.165) is 44.9 Å². The van der Waals surface area contributed by atoms with Gasteiger partial charge in [-0.1, -0.05) is 33.1 Å². The number of amides is 1. The van der Waals surface area contributed by atoms with Gasteiger partial charge in [-0.25, -0.2) is 0 Å². The van der Waals surface area contributed by atoms with Crippen molar-refractivity contribution in [2.75, 3.05) is 11.9 Å². The predicted molar refractivity (Wildman–Crippen MR) is 102 cm³/mol. The van der Waals surface area contributed by atoms with Crippen molar-refractivity contribution in [3.05, 3.63) is 23.8 Å². The summed E-state index contributed by atoms with van der Waals surface area (Å²) in [6.07, 6.45) is 6.42. The molecule has 1 fully saturated rings. The van der Waals surface area contributed by atoms with E-state index in [4.69, 9.17) is 9.47 Å². The molecule has 5 heteroatoms. The van der Waals surface area contributed by atoms with Crippen molar-refractivity contribution in [3.8, 4) is 11.8 Å². The zero-order valence-corrected chi connectivity index (χ0v) is 16.1. The number of carbonyl (C=O) groups is 1. The van der Waals surface area contributed by atoms with Crippen LogP contribution < -0.4 is 10.1 Å². The lowest BCUT2D eigenvalue weighted by molar-refractivity contribution is -0.146. The van der Waals surface area contributed by atoms with Crippen LogP contribution in [0, 0.1) is 11.3 Å². The first kappa shape index (κ1) is 20.3. The lowest BCUT2D eigenvalue weighted by atomic mass is 9.83. The Morgan fingerprint density at radius 2 is 2.04 bits per heavy atom. The van der Waals surface area contributed by atoms with Crippen LogP contribution in [0.5, 0.6) is 5.75 Å². The number of carbonyl (C=O) groups excluding carboxylic acids is 1. The standard InChI is InChI=1S/C21H30N2O3/c1-4-13-25-21(11-7-6-8-12-21)20(24)23-19-10-9-18(14-17(19)15-22)26-16(3)5-2/h9-10,14,16H,4-8,11-13H2,1-3H3,(H,23,24)/t16-/m1/s1. The SMILES string of the molecule is CCCOC1(C(=O)Nc2ccc(O[C@H](C)CC)cc2C#N)CCCCC1. The van der Waals surface area contributed by atoms with Gasteiger partial charge in [-0.2, -0.15) is 5.26 Å². The van der Waals surface area contributed by atoms with Crippen molar-refractivity contribution < 1.29 is 14.3 Å². The van der Waals surface area contributed by atoms with E-state index in [1.807, 2.05) is 20.8 Å². The lowest BCUT2D eigenvalue weighted by Gasteiger charge is -2.35. The molecular weight excluding hydrogens is 328 g/mol. The Balaban J connectivity index is 2.17. The molecule has 0 bridgehead atoms. The molecule has 0 saturated heterocycles. The van der Waals surface area contributed by atoms with Crippen molar-refractivity contribution in [3.63, 3.8) is 0 Å². The Hall–Kier alpha value is -2.06. The third kappa shape index (κ3) is 4.98. The molecule has 2 rings (SSSR count). The molecular formula is C21H30N2O3. The minimum Gasteiger partial charge on any atom is -0.491 e. The third-order valence-corrected chi connectivity index (χ3v) is 4.93. The molecule has 1 aromatic carbocycles. The normalized spacial score (nSPS) is 17.2. The van der Waals surface area contributed by atoms with Crippen molar-refractivity contribution in [2.45, 2.75) is 77.4 Å². The van der Waals surface area contributed by atoms with E-state index in [1.54, 1.807) is 18.2 Å². The Morgan fingerprint density at radius 3 is 2.65 bits per heavy atom. The smallest absolute Gasteiger partial charge is 0.256 e. The highest BCUT2D eigenvalue weighted by Crippen LogP contribution is 2.34. The molecule has 1 saturated carbocycles. The van der Waals surface area contributed by atoms with Crippen molar-refractivity contribution >= 4 is 11.6 Å². The molecule has 0 aliphatic heterocycles. The van der Waals surface area contributed by atoms with Gasteiger partial charge in [0.25, 0.3) is 5.91 Å². The van der Waals surface area contributed by atoms with Gasteiger partial charge in [-0.05, 0) is 44.7 Å². The number of nitrogens with zero attached hydrogens (tertiary/aromatic N) is 1. The van der Waals surface area contributed by atoms with Crippen LogP contribution in [-0.2, 0) is 9.53 Å². The second-order valence-electron chi connectivity index (χ2n) is 7.01. The summed E-state index contributed by atoms with van der Waals surface area (Å²) in [5.41, 5.74) is 0.145. The molecule has 0 unspecified atom stereocenters. The van der Waals surface area contributed by atoms with Crippen LogP contribution in [0.15, 0.2) is 18.2 Å². The second-order valence-corrected chi connectivity index (χ2v) is 7.01. The largest absolute Gasteiger partial charge is 0.491 e. The summed E-state index contributed by atoms with van der Waals surface area (Å²) in [5.74, 6) is 0.501. The maximum absolute atomic E-state index is 13.0. The highest BCUT2D eigenvalue weighted by Gasteiger charge is 2.40. The minimum atomic E-state index is -0.771. The van der Waals surface area contributed by atoms with Crippen LogP contribution in [0.3, 0.4) is 0 Å². The maximum atomic E-state index is 13.0. The summed E-state index contributed by atoms with van der Waals surface area (Å²) in [6.45, 7) is 6.64. The first-order valence-electron chi connectivity index (χ1n) is 9.71. The van der Waals surface area contributed by atoms with Crippen molar-refractivity contribution in [2.24, 2.45) is 0 Å². The van der Waals surface area contributed by atoms with E-state index >= 15 is 0 Å². The number of ether oxygens (including phenoxy) is 2. The average molecular weight is 358 g/mol. The van der Waals surface area contributed by atoms with Crippen LogP contribution in [0.4, 0.5) is 5.69 Å². The summed E-state index contributed by atoms with van der Waals surface area (Å²) < 4.78 is 11.8. The number of hydrogen-bond donors (Lipinski definition) is 1. The maximum Gasteiger partial charge on any atom is 0.256 e. The molecule has 0 spiro atoms. The molecule has 1 aromatic rings. The van der Waals surface area contributed by atoms with E-state index < -0.39 is 5.60 Å². The van der Waals surface area contributed by atoms with Gasteiger partial charge in [0.1, 0.15) is 17.4 Å².